The van der Waals surface area contributed by atoms with Crippen LogP contribution in [0.3, 0.4) is 0 Å². The second-order valence-corrected chi connectivity index (χ2v) is 6.27. The lowest BCUT2D eigenvalue weighted by atomic mass is 10.1. The summed E-state index contributed by atoms with van der Waals surface area (Å²) in [7, 11) is 0. The van der Waals surface area contributed by atoms with E-state index in [-0.39, 0.29) is 10.6 Å². The number of aromatic nitrogens is 1. The number of nitrogens with two attached hydrogens (primary N) is 1. The SMILES string of the molecule is Nc1c(C(=O)O)sc2c(-c3cc(Cl)cc(Cl)c3)cncc12. The van der Waals surface area contributed by atoms with Gasteiger partial charge in [-0.15, -0.1) is 11.3 Å². The highest BCUT2D eigenvalue weighted by Crippen LogP contribution is 2.40. The summed E-state index contributed by atoms with van der Waals surface area (Å²) in [4.78, 5) is 15.4. The number of hydrogen-bond acceptors (Lipinski definition) is 4. The average molecular weight is 339 g/mol. The Hall–Kier alpha value is -1.82. The lowest BCUT2D eigenvalue weighted by Crippen LogP contribution is -1.97. The first-order valence-electron chi connectivity index (χ1n) is 5.83. The number of anilines is 1. The molecule has 4 nitrogen and oxygen atoms in total. The molecule has 0 radical (unpaired) electrons. The molecule has 0 aliphatic rings. The van der Waals surface area contributed by atoms with Gasteiger partial charge in [-0.25, -0.2) is 4.79 Å². The van der Waals surface area contributed by atoms with Crippen LogP contribution in [0.1, 0.15) is 9.67 Å². The van der Waals surface area contributed by atoms with E-state index in [1.807, 2.05) is 0 Å². The third-order valence-corrected chi connectivity index (χ3v) is 4.68. The van der Waals surface area contributed by atoms with Gasteiger partial charge in [0.1, 0.15) is 4.88 Å². The fraction of sp³-hybridized carbons (Fsp3) is 0. The summed E-state index contributed by atoms with van der Waals surface area (Å²) in [5, 5.41) is 10.8. The molecule has 1 aromatic carbocycles. The minimum absolute atomic E-state index is 0.104. The third-order valence-electron chi connectivity index (χ3n) is 3.00. The fourth-order valence-corrected chi connectivity index (χ4v) is 3.69. The predicted octanol–water partition coefficient (Wildman–Crippen LogP) is 4.55. The highest BCUT2D eigenvalue weighted by atomic mass is 35.5. The van der Waals surface area contributed by atoms with Crippen molar-refractivity contribution in [2.24, 2.45) is 0 Å². The van der Waals surface area contributed by atoms with Gasteiger partial charge in [-0.1, -0.05) is 23.2 Å². The van der Waals surface area contributed by atoms with Gasteiger partial charge in [0.25, 0.3) is 0 Å². The number of nitrogen functional groups attached to an aromatic ring is 1. The number of nitrogens with zero attached hydrogens (tertiary/aromatic N) is 1. The molecule has 2 aromatic heterocycles. The maximum atomic E-state index is 11.2. The molecule has 3 rings (SSSR count). The average Bonchev–Trinajstić information content (AvgIpc) is 2.75. The molecule has 0 bridgehead atoms. The molecule has 0 aliphatic heterocycles. The number of rotatable bonds is 2. The lowest BCUT2D eigenvalue weighted by molar-refractivity contribution is 0.0703. The molecule has 0 amide bonds. The topological polar surface area (TPSA) is 76.2 Å². The first kappa shape index (κ1) is 14.1. The number of thiophene rings is 1. The van der Waals surface area contributed by atoms with E-state index in [4.69, 9.17) is 28.9 Å². The Morgan fingerprint density at radius 1 is 1.19 bits per heavy atom. The maximum absolute atomic E-state index is 11.2. The van der Waals surface area contributed by atoms with E-state index < -0.39 is 5.97 Å². The summed E-state index contributed by atoms with van der Waals surface area (Å²) in [5.41, 5.74) is 7.63. The fourth-order valence-electron chi connectivity index (χ4n) is 2.10. The van der Waals surface area contributed by atoms with E-state index in [9.17, 15) is 9.90 Å². The van der Waals surface area contributed by atoms with E-state index >= 15 is 0 Å². The van der Waals surface area contributed by atoms with Crippen LogP contribution in [0.15, 0.2) is 30.6 Å². The van der Waals surface area contributed by atoms with Gasteiger partial charge in [0.15, 0.2) is 0 Å². The van der Waals surface area contributed by atoms with Gasteiger partial charge in [-0.3, -0.25) is 4.98 Å². The van der Waals surface area contributed by atoms with E-state index in [0.29, 0.717) is 15.4 Å². The Kier molecular flexibility index (Phi) is 3.49. The molecule has 0 saturated heterocycles. The minimum atomic E-state index is -1.05. The second-order valence-electron chi connectivity index (χ2n) is 4.37. The quantitative estimate of drug-likeness (QED) is 0.718. The van der Waals surface area contributed by atoms with Gasteiger partial charge in [-0.05, 0) is 23.8 Å². The van der Waals surface area contributed by atoms with Crippen LogP contribution in [0.25, 0.3) is 21.2 Å². The zero-order chi connectivity index (χ0) is 15.1. The van der Waals surface area contributed by atoms with Crippen molar-refractivity contribution in [3.63, 3.8) is 0 Å². The molecule has 2 heterocycles. The van der Waals surface area contributed by atoms with Crippen molar-refractivity contribution >= 4 is 56.3 Å². The zero-order valence-electron chi connectivity index (χ0n) is 10.4. The van der Waals surface area contributed by atoms with Crippen LogP contribution in [-0.2, 0) is 0 Å². The Morgan fingerprint density at radius 3 is 2.48 bits per heavy atom. The smallest absolute Gasteiger partial charge is 0.348 e. The second kappa shape index (κ2) is 5.18. The maximum Gasteiger partial charge on any atom is 0.348 e. The van der Waals surface area contributed by atoms with Crippen molar-refractivity contribution in [1.29, 1.82) is 0 Å². The molecule has 3 aromatic rings. The van der Waals surface area contributed by atoms with Crippen LogP contribution >= 0.6 is 34.5 Å². The molecule has 0 saturated carbocycles. The first-order chi connectivity index (χ1) is 9.97. The van der Waals surface area contributed by atoms with E-state index in [0.717, 1.165) is 27.2 Å². The molecule has 3 N–H and O–H groups in total. The van der Waals surface area contributed by atoms with Crippen LogP contribution in [-0.4, -0.2) is 16.1 Å². The highest BCUT2D eigenvalue weighted by Gasteiger charge is 2.18. The molecule has 21 heavy (non-hydrogen) atoms. The van der Waals surface area contributed by atoms with Gasteiger partial charge in [0.05, 0.1) is 5.69 Å². The summed E-state index contributed by atoms with van der Waals surface area (Å²) in [6.07, 6.45) is 3.20. The van der Waals surface area contributed by atoms with Crippen LogP contribution in [0.2, 0.25) is 10.0 Å². The van der Waals surface area contributed by atoms with Crippen molar-refractivity contribution in [2.75, 3.05) is 5.73 Å². The first-order valence-corrected chi connectivity index (χ1v) is 7.40. The molecular weight excluding hydrogens is 331 g/mol. The zero-order valence-corrected chi connectivity index (χ0v) is 12.8. The summed E-state index contributed by atoms with van der Waals surface area (Å²) in [5.74, 6) is -1.05. The molecule has 0 unspecified atom stereocenters. The van der Waals surface area contributed by atoms with E-state index in [2.05, 4.69) is 4.98 Å². The number of fused-ring (bicyclic) bond motifs is 1. The van der Waals surface area contributed by atoms with Crippen LogP contribution in [0, 0.1) is 0 Å². The van der Waals surface area contributed by atoms with E-state index in [1.54, 1.807) is 30.6 Å². The monoisotopic (exact) mass is 338 g/mol. The number of benzene rings is 1. The van der Waals surface area contributed by atoms with Crippen molar-refractivity contribution in [3.05, 3.63) is 45.5 Å². The number of carboxylic acids is 1. The molecule has 0 fully saturated rings. The molecule has 0 aliphatic carbocycles. The number of halogens is 2. The number of carbonyl (C=O) groups is 1. The Balaban J connectivity index is 2.33. The summed E-state index contributed by atoms with van der Waals surface area (Å²) in [6, 6.07) is 5.13. The third kappa shape index (κ3) is 2.44. The van der Waals surface area contributed by atoms with Crippen molar-refractivity contribution in [2.45, 2.75) is 0 Å². The van der Waals surface area contributed by atoms with Crippen molar-refractivity contribution < 1.29 is 9.90 Å². The summed E-state index contributed by atoms with van der Waals surface area (Å²) in [6.45, 7) is 0. The van der Waals surface area contributed by atoms with Crippen molar-refractivity contribution in [1.82, 2.24) is 4.98 Å². The molecular formula is C14H8Cl2N2O2S. The summed E-state index contributed by atoms with van der Waals surface area (Å²) >= 11 is 13.2. The van der Waals surface area contributed by atoms with Gasteiger partial charge < -0.3 is 10.8 Å². The van der Waals surface area contributed by atoms with Crippen LogP contribution in [0.5, 0.6) is 0 Å². The lowest BCUT2D eigenvalue weighted by Gasteiger charge is -2.04. The van der Waals surface area contributed by atoms with Gasteiger partial charge in [0, 0.05) is 38.1 Å². The standard InChI is InChI=1S/C14H8Cl2N2O2S/c15-7-1-6(2-8(16)3-7)9-4-18-5-10-11(17)13(14(19)20)21-12(9)10/h1-5H,17H2,(H,19,20). The van der Waals surface area contributed by atoms with Gasteiger partial charge in [-0.2, -0.15) is 0 Å². The Bertz CT molecular complexity index is 857. The Morgan fingerprint density at radius 2 is 1.86 bits per heavy atom. The normalized spacial score (nSPS) is 11.0. The number of hydrogen-bond donors (Lipinski definition) is 2. The highest BCUT2D eigenvalue weighted by molar-refractivity contribution is 7.22. The van der Waals surface area contributed by atoms with Crippen molar-refractivity contribution in [3.8, 4) is 11.1 Å². The molecule has 0 atom stereocenters. The van der Waals surface area contributed by atoms with Gasteiger partial charge in [0.2, 0.25) is 0 Å². The number of aromatic carboxylic acids is 1. The van der Waals surface area contributed by atoms with Crippen LogP contribution in [0.4, 0.5) is 5.69 Å². The predicted molar refractivity (Wildman–Crippen MR) is 86.4 cm³/mol. The molecule has 0 spiro atoms. The number of pyridine rings is 1. The van der Waals surface area contributed by atoms with E-state index in [1.165, 1.54) is 0 Å². The largest absolute Gasteiger partial charge is 0.477 e. The van der Waals surface area contributed by atoms with Gasteiger partial charge >= 0.3 is 5.97 Å². The minimum Gasteiger partial charge on any atom is -0.477 e. The molecule has 106 valence electrons. The number of carboxylic acid groups (broad SMARTS) is 1. The molecule has 7 heteroatoms. The van der Waals surface area contributed by atoms with Crippen LogP contribution < -0.4 is 5.73 Å². The Labute approximate surface area is 133 Å². The summed E-state index contributed by atoms with van der Waals surface area (Å²) < 4.78 is 0.748.